The molecule has 3 fully saturated rings. The van der Waals surface area contributed by atoms with Crippen LogP contribution in [-0.2, 0) is 4.79 Å². The molecule has 4 atom stereocenters. The van der Waals surface area contributed by atoms with Crippen LogP contribution in [-0.4, -0.2) is 82.3 Å². The summed E-state index contributed by atoms with van der Waals surface area (Å²) >= 11 is 0.944. The number of rotatable bonds is 8. The number of ether oxygens (including phenoxy) is 1. The molecule has 2 N–H and O–H groups in total. The molecular weight excluding hydrogens is 639 g/mol. The first-order chi connectivity index (χ1) is 23.1. The Balaban J connectivity index is 1.37. The van der Waals surface area contributed by atoms with Gasteiger partial charge in [0.15, 0.2) is 5.82 Å². The molecule has 0 bridgehead atoms. The van der Waals surface area contributed by atoms with Gasteiger partial charge in [-0.25, -0.2) is 13.2 Å². The van der Waals surface area contributed by atoms with Crippen LogP contribution >= 0.6 is 11.3 Å². The summed E-state index contributed by atoms with van der Waals surface area (Å²) in [4.78, 5) is 28.0. The van der Waals surface area contributed by atoms with Crippen molar-refractivity contribution in [3.05, 3.63) is 54.1 Å². The lowest BCUT2D eigenvalue weighted by atomic mass is 9.95. The fraction of sp³-hybridized carbons (Fsp3) is 0.429. The highest BCUT2D eigenvalue weighted by Gasteiger charge is 2.49. The first kappa shape index (κ1) is 32.2. The maximum Gasteiger partial charge on any atom is 0.319 e. The molecule has 250 valence electrons. The van der Waals surface area contributed by atoms with Crippen LogP contribution in [0.15, 0.2) is 36.9 Å². The Hall–Kier alpha value is -4.41. The number of thiophene rings is 1. The Labute approximate surface area is 280 Å². The number of hydrogen-bond acceptors (Lipinski definition) is 9. The van der Waals surface area contributed by atoms with E-state index < -0.39 is 23.3 Å². The Morgan fingerprint density at radius 1 is 1.27 bits per heavy atom. The van der Waals surface area contributed by atoms with Gasteiger partial charge in [-0.1, -0.05) is 18.7 Å². The molecule has 0 radical (unpaired) electrons. The van der Waals surface area contributed by atoms with E-state index in [9.17, 15) is 18.8 Å². The summed E-state index contributed by atoms with van der Waals surface area (Å²) in [6.45, 7) is 9.93. The van der Waals surface area contributed by atoms with E-state index in [0.717, 1.165) is 30.7 Å². The largest absolute Gasteiger partial charge is 0.461 e. The second kappa shape index (κ2) is 12.2. The van der Waals surface area contributed by atoms with Crippen LogP contribution in [0.5, 0.6) is 6.01 Å². The van der Waals surface area contributed by atoms with Gasteiger partial charge in [0.2, 0.25) is 5.91 Å². The van der Waals surface area contributed by atoms with Gasteiger partial charge in [0.25, 0.3) is 0 Å². The highest BCUT2D eigenvalue weighted by atomic mass is 32.1. The number of halogens is 3. The number of likely N-dealkylation sites (N-methyl/N-ethyl adjacent to an activating group) is 1. The van der Waals surface area contributed by atoms with Crippen LogP contribution in [0, 0.1) is 23.0 Å². The topological polar surface area (TPSA) is 112 Å². The first-order valence-corrected chi connectivity index (χ1v) is 17.0. The zero-order chi connectivity index (χ0) is 33.9. The number of anilines is 2. The quantitative estimate of drug-likeness (QED) is 0.220. The monoisotopic (exact) mass is 675 g/mol. The number of carbonyl (C=O) groups is 1. The summed E-state index contributed by atoms with van der Waals surface area (Å²) in [6.07, 6.45) is 3.10. The summed E-state index contributed by atoms with van der Waals surface area (Å²) in [5.41, 5.74) is 6.11. The van der Waals surface area contributed by atoms with Crippen LogP contribution in [0.25, 0.3) is 32.1 Å². The van der Waals surface area contributed by atoms with E-state index in [1.165, 1.54) is 18.2 Å². The second-order valence-corrected chi connectivity index (χ2v) is 13.9. The molecule has 2 aromatic heterocycles. The molecule has 0 spiro atoms. The summed E-state index contributed by atoms with van der Waals surface area (Å²) in [5, 5.41) is 10.7. The first-order valence-electron chi connectivity index (χ1n) is 16.2. The number of benzene rings is 2. The number of likely N-dealkylation sites (tertiary alicyclic amines) is 1. The maximum atomic E-state index is 16.9. The van der Waals surface area contributed by atoms with Crippen molar-refractivity contribution in [3.63, 3.8) is 0 Å². The summed E-state index contributed by atoms with van der Waals surface area (Å²) < 4.78 is 52.8. The van der Waals surface area contributed by atoms with E-state index in [2.05, 4.69) is 16.5 Å². The number of alkyl halides is 1. The molecule has 9 nitrogen and oxygen atoms in total. The van der Waals surface area contributed by atoms with Gasteiger partial charge in [0, 0.05) is 48.4 Å². The normalized spacial score (nSPS) is 23.9. The van der Waals surface area contributed by atoms with Crippen LogP contribution in [0.3, 0.4) is 0 Å². The minimum absolute atomic E-state index is 0.00891. The lowest BCUT2D eigenvalue weighted by Gasteiger charge is -2.34. The van der Waals surface area contributed by atoms with Crippen LogP contribution < -0.4 is 15.4 Å². The summed E-state index contributed by atoms with van der Waals surface area (Å²) in [6, 6.07) is 7.68. The van der Waals surface area contributed by atoms with Crippen molar-refractivity contribution in [2.24, 2.45) is 0 Å². The predicted octanol–water partition coefficient (Wildman–Crippen LogP) is 6.20. The summed E-state index contributed by atoms with van der Waals surface area (Å²) in [7, 11) is 0. The standard InChI is InChI=1S/C35H36F3N7O2S/c1-4-27(46)45-14-11-26(19(45)3)44(5-2)33-23-8-7-22(21-9-10-25(37)31-28(21)24(16-39)32(40)48-31)29(38)30(23)41-34(42-33)47-18-35-12-6-13-43(35)17-20(36)15-35/h4,7-10,19-20,26H,1,5-6,11-15,17-18,40H2,2-3H3/t19-,20-,26-,35+/m1/s1. The molecule has 5 heterocycles. The zero-order valence-corrected chi connectivity index (χ0v) is 27.6. The van der Waals surface area contributed by atoms with E-state index in [4.69, 9.17) is 15.5 Å². The van der Waals surface area contributed by atoms with Crippen molar-refractivity contribution >= 4 is 49.1 Å². The molecule has 3 aliphatic heterocycles. The second-order valence-electron chi connectivity index (χ2n) is 12.9. The van der Waals surface area contributed by atoms with Gasteiger partial charge >= 0.3 is 6.01 Å². The SMILES string of the molecule is C=CC(=O)N1CC[C@@H](N(CC)c2nc(OC[C@@]34CCCN3C[C@H](F)C4)nc3c(F)c(-c4ccc(F)c5sc(N)c(C#N)c45)ccc23)[C@H]1C. The Kier molecular flexibility index (Phi) is 8.20. The number of nitrogens with two attached hydrogens (primary N) is 1. The lowest BCUT2D eigenvalue weighted by Crippen LogP contribution is -2.45. The number of hydrogen-bond donors (Lipinski definition) is 1. The highest BCUT2D eigenvalue weighted by molar-refractivity contribution is 7.23. The van der Waals surface area contributed by atoms with E-state index in [1.54, 1.807) is 17.0 Å². The number of amides is 1. The van der Waals surface area contributed by atoms with Gasteiger partial charge in [-0.3, -0.25) is 9.69 Å². The zero-order valence-electron chi connectivity index (χ0n) is 26.8. The Morgan fingerprint density at radius 3 is 2.81 bits per heavy atom. The molecule has 0 aliphatic carbocycles. The number of aromatic nitrogens is 2. The van der Waals surface area contributed by atoms with Crippen molar-refractivity contribution in [3.8, 4) is 23.2 Å². The van der Waals surface area contributed by atoms with Gasteiger partial charge < -0.3 is 20.3 Å². The summed E-state index contributed by atoms with van der Waals surface area (Å²) in [5.74, 6) is -0.950. The maximum absolute atomic E-state index is 16.9. The van der Waals surface area contributed by atoms with Crippen LogP contribution in [0.1, 0.15) is 45.1 Å². The molecule has 2 aromatic carbocycles. The Morgan fingerprint density at radius 2 is 2.06 bits per heavy atom. The van der Waals surface area contributed by atoms with Gasteiger partial charge in [0.05, 0.1) is 21.8 Å². The van der Waals surface area contributed by atoms with Crippen molar-refractivity contribution < 1.29 is 22.7 Å². The van der Waals surface area contributed by atoms with Crippen molar-refractivity contribution in [1.29, 1.82) is 5.26 Å². The number of nitrogen functional groups attached to an aromatic ring is 1. The van der Waals surface area contributed by atoms with Crippen LogP contribution in [0.2, 0.25) is 0 Å². The molecule has 0 unspecified atom stereocenters. The number of carbonyl (C=O) groups excluding carboxylic acids is 1. The third-order valence-electron chi connectivity index (χ3n) is 10.4. The molecule has 7 rings (SSSR count). The smallest absolute Gasteiger partial charge is 0.319 e. The third kappa shape index (κ3) is 5.04. The van der Waals surface area contributed by atoms with E-state index >= 15 is 4.39 Å². The predicted molar refractivity (Wildman–Crippen MR) is 181 cm³/mol. The van der Waals surface area contributed by atoms with E-state index in [-0.39, 0.29) is 62.3 Å². The van der Waals surface area contributed by atoms with Crippen LogP contribution in [0.4, 0.5) is 24.0 Å². The van der Waals surface area contributed by atoms with E-state index in [1.807, 2.05) is 24.8 Å². The molecule has 1 amide bonds. The molecule has 48 heavy (non-hydrogen) atoms. The average molecular weight is 676 g/mol. The fourth-order valence-corrected chi connectivity index (χ4v) is 9.05. The highest BCUT2D eigenvalue weighted by Crippen LogP contribution is 2.44. The minimum atomic E-state index is -0.945. The lowest BCUT2D eigenvalue weighted by molar-refractivity contribution is -0.126. The van der Waals surface area contributed by atoms with Gasteiger partial charge in [-0.2, -0.15) is 15.2 Å². The Bertz CT molecular complexity index is 2000. The van der Waals surface area contributed by atoms with Crippen molar-refractivity contribution in [2.45, 2.75) is 63.3 Å². The van der Waals surface area contributed by atoms with Crippen molar-refractivity contribution in [1.82, 2.24) is 19.8 Å². The van der Waals surface area contributed by atoms with Gasteiger partial charge in [-0.05, 0) is 63.4 Å². The molecule has 3 aliphatic rings. The molecule has 3 saturated heterocycles. The molecule has 4 aromatic rings. The van der Waals surface area contributed by atoms with Gasteiger partial charge in [0.1, 0.15) is 41.0 Å². The molecule has 13 heteroatoms. The number of nitriles is 1. The fourth-order valence-electron chi connectivity index (χ4n) is 8.10. The van der Waals surface area contributed by atoms with Crippen molar-refractivity contribution in [2.75, 3.05) is 43.4 Å². The number of nitrogens with zero attached hydrogens (tertiary/aromatic N) is 6. The molecular formula is C35H36F3N7O2S. The van der Waals surface area contributed by atoms with Gasteiger partial charge in [-0.15, -0.1) is 11.3 Å². The number of fused-ring (bicyclic) bond motifs is 3. The molecule has 0 saturated carbocycles. The van der Waals surface area contributed by atoms with E-state index in [0.29, 0.717) is 49.2 Å². The third-order valence-corrected chi connectivity index (χ3v) is 11.4. The minimum Gasteiger partial charge on any atom is -0.461 e. The average Bonchev–Trinajstić information content (AvgIpc) is 3.82.